The van der Waals surface area contributed by atoms with Gasteiger partial charge in [-0.25, -0.2) is 0 Å². The lowest BCUT2D eigenvalue weighted by Gasteiger charge is -2.16. The Morgan fingerprint density at radius 2 is 2.00 bits per heavy atom. The van der Waals surface area contributed by atoms with E-state index in [1.165, 1.54) is 17.3 Å². The van der Waals surface area contributed by atoms with Crippen LogP contribution in [0.4, 0.5) is 0 Å². The molecular formula is C17H18N4OS. The summed E-state index contributed by atoms with van der Waals surface area (Å²) in [7, 11) is 0. The van der Waals surface area contributed by atoms with E-state index in [2.05, 4.69) is 28.5 Å². The number of carbonyl (C=O) groups excluding carboxylic acids is 1. The van der Waals surface area contributed by atoms with Crippen molar-refractivity contribution in [1.29, 1.82) is 0 Å². The second kappa shape index (κ2) is 6.83. The molecule has 0 fully saturated rings. The fraction of sp³-hybridized carbons (Fsp3) is 0.235. The molecule has 0 saturated carbocycles. The highest BCUT2D eigenvalue weighted by molar-refractivity contribution is 7.99. The van der Waals surface area contributed by atoms with Gasteiger partial charge in [-0.2, -0.15) is 0 Å². The molecule has 6 heteroatoms. The summed E-state index contributed by atoms with van der Waals surface area (Å²) in [4.78, 5) is 12.2. The van der Waals surface area contributed by atoms with Crippen LogP contribution in [0.25, 0.3) is 5.65 Å². The Morgan fingerprint density at radius 3 is 2.83 bits per heavy atom. The highest BCUT2D eigenvalue weighted by Crippen LogP contribution is 2.19. The molecule has 0 aliphatic carbocycles. The largest absolute Gasteiger partial charge is 0.349 e. The Kier molecular flexibility index (Phi) is 4.62. The molecule has 2 heterocycles. The highest BCUT2D eigenvalue weighted by Gasteiger charge is 2.13. The van der Waals surface area contributed by atoms with E-state index >= 15 is 0 Å². The number of pyridine rings is 1. The molecule has 0 aliphatic heterocycles. The number of hydrogen-bond acceptors (Lipinski definition) is 4. The first-order valence-corrected chi connectivity index (χ1v) is 8.41. The smallest absolute Gasteiger partial charge is 0.230 e. The van der Waals surface area contributed by atoms with Crippen molar-refractivity contribution >= 4 is 23.3 Å². The number of aromatic nitrogens is 3. The van der Waals surface area contributed by atoms with Crippen LogP contribution in [0.15, 0.2) is 53.8 Å². The maximum Gasteiger partial charge on any atom is 0.230 e. The molecule has 2 aromatic heterocycles. The minimum absolute atomic E-state index is 0.0144. The maximum absolute atomic E-state index is 12.2. The molecule has 1 aromatic carbocycles. The summed E-state index contributed by atoms with van der Waals surface area (Å²) in [5, 5.41) is 11.9. The zero-order valence-electron chi connectivity index (χ0n) is 13.1. The van der Waals surface area contributed by atoms with Gasteiger partial charge >= 0.3 is 0 Å². The lowest BCUT2D eigenvalue weighted by atomic mass is 10.0. The van der Waals surface area contributed by atoms with E-state index in [1.54, 1.807) is 0 Å². The summed E-state index contributed by atoms with van der Waals surface area (Å²) < 4.78 is 1.88. The Hall–Kier alpha value is -2.34. The first-order valence-electron chi connectivity index (χ1n) is 7.42. The van der Waals surface area contributed by atoms with Crippen molar-refractivity contribution in [3.05, 3.63) is 59.8 Å². The molecule has 0 spiro atoms. The van der Waals surface area contributed by atoms with Crippen LogP contribution in [-0.4, -0.2) is 26.3 Å². The van der Waals surface area contributed by atoms with Gasteiger partial charge in [-0.3, -0.25) is 9.20 Å². The first kappa shape index (κ1) is 15.6. The molecule has 3 aromatic rings. The van der Waals surface area contributed by atoms with Crippen molar-refractivity contribution in [2.75, 3.05) is 5.75 Å². The number of hydrogen-bond donors (Lipinski definition) is 1. The van der Waals surface area contributed by atoms with Crippen molar-refractivity contribution in [2.24, 2.45) is 0 Å². The molecule has 118 valence electrons. The third-order valence-electron chi connectivity index (χ3n) is 3.65. The van der Waals surface area contributed by atoms with Crippen LogP contribution >= 0.6 is 11.8 Å². The van der Waals surface area contributed by atoms with Crippen LogP contribution in [0.1, 0.15) is 24.1 Å². The predicted octanol–water partition coefficient (Wildman–Crippen LogP) is 3.01. The number of rotatable bonds is 5. The third-order valence-corrected chi connectivity index (χ3v) is 4.59. The monoisotopic (exact) mass is 326 g/mol. The average molecular weight is 326 g/mol. The Balaban J connectivity index is 1.61. The zero-order chi connectivity index (χ0) is 16.2. The van der Waals surface area contributed by atoms with Gasteiger partial charge in [0.15, 0.2) is 10.8 Å². The minimum atomic E-state index is -0.0153. The summed E-state index contributed by atoms with van der Waals surface area (Å²) in [5.41, 5.74) is 3.10. The summed E-state index contributed by atoms with van der Waals surface area (Å²) in [6.45, 7) is 4.05. The van der Waals surface area contributed by atoms with Gasteiger partial charge in [0.25, 0.3) is 0 Å². The molecule has 1 atom stereocenters. The number of amides is 1. The van der Waals surface area contributed by atoms with Gasteiger partial charge in [0.05, 0.1) is 11.8 Å². The summed E-state index contributed by atoms with van der Waals surface area (Å²) in [5.74, 6) is 0.296. The maximum atomic E-state index is 12.2. The quantitative estimate of drug-likeness (QED) is 0.732. The number of fused-ring (bicyclic) bond motifs is 1. The Bertz CT molecular complexity index is 830. The van der Waals surface area contributed by atoms with Crippen molar-refractivity contribution in [1.82, 2.24) is 19.9 Å². The number of thioether (sulfide) groups is 1. The molecule has 0 aliphatic rings. The van der Waals surface area contributed by atoms with E-state index in [0.717, 1.165) is 16.4 Å². The number of aryl methyl sites for hydroxylation is 1. The lowest BCUT2D eigenvalue weighted by Crippen LogP contribution is -2.28. The van der Waals surface area contributed by atoms with Gasteiger partial charge in [-0.05, 0) is 37.1 Å². The van der Waals surface area contributed by atoms with Gasteiger partial charge in [-0.15, -0.1) is 10.2 Å². The molecule has 3 rings (SSSR count). The lowest BCUT2D eigenvalue weighted by molar-refractivity contribution is -0.119. The third kappa shape index (κ3) is 3.53. The van der Waals surface area contributed by atoms with Gasteiger partial charge < -0.3 is 5.32 Å². The molecule has 0 bridgehead atoms. The van der Waals surface area contributed by atoms with Crippen LogP contribution in [0.5, 0.6) is 0 Å². The van der Waals surface area contributed by atoms with Crippen molar-refractivity contribution in [3.63, 3.8) is 0 Å². The highest BCUT2D eigenvalue weighted by atomic mass is 32.2. The van der Waals surface area contributed by atoms with Crippen LogP contribution in [-0.2, 0) is 4.79 Å². The van der Waals surface area contributed by atoms with Crippen molar-refractivity contribution in [3.8, 4) is 0 Å². The molecule has 0 radical (unpaired) electrons. The fourth-order valence-corrected chi connectivity index (χ4v) is 3.22. The second-order valence-electron chi connectivity index (χ2n) is 5.35. The Morgan fingerprint density at radius 1 is 1.22 bits per heavy atom. The van der Waals surface area contributed by atoms with Crippen LogP contribution in [0.2, 0.25) is 0 Å². The zero-order valence-corrected chi connectivity index (χ0v) is 13.9. The van der Waals surface area contributed by atoms with E-state index in [0.29, 0.717) is 5.75 Å². The van der Waals surface area contributed by atoms with Crippen LogP contribution in [0, 0.1) is 6.92 Å². The Labute approximate surface area is 139 Å². The topological polar surface area (TPSA) is 59.3 Å². The van der Waals surface area contributed by atoms with Gasteiger partial charge in [0, 0.05) is 6.20 Å². The van der Waals surface area contributed by atoms with E-state index in [9.17, 15) is 4.79 Å². The SMILES string of the molecule is Cc1ccccc1C(C)NC(=O)CSc1nnc2ccccn12. The molecule has 1 N–H and O–H groups in total. The minimum Gasteiger partial charge on any atom is -0.349 e. The second-order valence-corrected chi connectivity index (χ2v) is 6.29. The standard InChI is InChI=1S/C17H18N4OS/c1-12-7-3-4-8-14(12)13(2)18-16(22)11-23-17-20-19-15-9-5-6-10-21(15)17/h3-10,13H,11H2,1-2H3,(H,18,22). The van der Waals surface area contributed by atoms with Gasteiger partial charge in [-0.1, -0.05) is 42.1 Å². The van der Waals surface area contributed by atoms with Crippen LogP contribution in [0.3, 0.4) is 0 Å². The molecule has 0 saturated heterocycles. The predicted molar refractivity (Wildman–Crippen MR) is 91.4 cm³/mol. The summed E-state index contributed by atoms with van der Waals surface area (Å²) in [6.07, 6.45) is 1.89. The normalized spacial score (nSPS) is 12.3. The number of carbonyl (C=O) groups is 1. The van der Waals surface area contributed by atoms with Crippen molar-refractivity contribution < 1.29 is 4.79 Å². The van der Waals surface area contributed by atoms with Crippen molar-refractivity contribution in [2.45, 2.75) is 25.0 Å². The summed E-state index contributed by atoms with van der Waals surface area (Å²) in [6, 6.07) is 13.8. The van der Waals surface area contributed by atoms with E-state index in [4.69, 9.17) is 0 Å². The average Bonchev–Trinajstić information content (AvgIpc) is 2.96. The molecule has 1 unspecified atom stereocenters. The summed E-state index contributed by atoms with van der Waals surface area (Å²) >= 11 is 1.38. The van der Waals surface area contributed by atoms with Gasteiger partial charge in [0.2, 0.25) is 5.91 Å². The first-order chi connectivity index (χ1) is 11.1. The molecule has 23 heavy (non-hydrogen) atoms. The molecule has 5 nitrogen and oxygen atoms in total. The van der Waals surface area contributed by atoms with E-state index in [1.807, 2.05) is 53.9 Å². The fourth-order valence-electron chi connectivity index (χ4n) is 2.48. The van der Waals surface area contributed by atoms with Gasteiger partial charge in [0.1, 0.15) is 0 Å². The number of nitrogens with zero attached hydrogens (tertiary/aromatic N) is 3. The van der Waals surface area contributed by atoms with E-state index in [-0.39, 0.29) is 11.9 Å². The molecular weight excluding hydrogens is 308 g/mol. The van der Waals surface area contributed by atoms with Crippen LogP contribution < -0.4 is 5.32 Å². The number of benzene rings is 1. The van der Waals surface area contributed by atoms with E-state index < -0.39 is 0 Å². The number of nitrogens with one attached hydrogen (secondary N) is 1. The molecule has 1 amide bonds.